The van der Waals surface area contributed by atoms with Crippen LogP contribution >= 0.6 is 22.7 Å². The van der Waals surface area contributed by atoms with E-state index < -0.39 is 0 Å². The molecule has 0 bridgehead atoms. The van der Waals surface area contributed by atoms with Crippen LogP contribution in [0, 0.1) is 0 Å². The first-order valence-electron chi connectivity index (χ1n) is 15.0. The summed E-state index contributed by atoms with van der Waals surface area (Å²) >= 11 is 3.67. The van der Waals surface area contributed by atoms with Crippen LogP contribution in [-0.2, 0) is 0 Å². The maximum absolute atomic E-state index is 5.16. The lowest BCUT2D eigenvalue weighted by Crippen LogP contribution is -1.94. The number of thiophene rings is 2. The van der Waals surface area contributed by atoms with Gasteiger partial charge in [0.1, 0.15) is 0 Å². The zero-order valence-corrected chi connectivity index (χ0v) is 25.6. The second-order valence-electron chi connectivity index (χ2n) is 11.4. The minimum atomic E-state index is 0.750. The van der Waals surface area contributed by atoms with E-state index >= 15 is 0 Å². The van der Waals surface area contributed by atoms with Crippen molar-refractivity contribution < 1.29 is 0 Å². The molecular weight excluding hydrogens is 587 g/mol. The van der Waals surface area contributed by atoms with E-state index in [1.807, 2.05) is 29.5 Å². The maximum atomic E-state index is 5.16. The highest BCUT2D eigenvalue weighted by Gasteiger charge is 2.20. The highest BCUT2D eigenvalue weighted by Crippen LogP contribution is 2.45. The van der Waals surface area contributed by atoms with Crippen molar-refractivity contribution in [3.63, 3.8) is 0 Å². The molecular formula is C40H23N3S2. The summed E-state index contributed by atoms with van der Waals surface area (Å²) in [5, 5.41) is 6.42. The predicted molar refractivity (Wildman–Crippen MR) is 193 cm³/mol. The van der Waals surface area contributed by atoms with Crippen LogP contribution < -0.4 is 0 Å². The second-order valence-corrected chi connectivity index (χ2v) is 13.5. The van der Waals surface area contributed by atoms with Gasteiger partial charge in [-0.25, -0.2) is 9.97 Å². The molecule has 0 radical (unpaired) electrons. The van der Waals surface area contributed by atoms with E-state index in [1.54, 1.807) is 11.3 Å². The molecule has 6 aromatic carbocycles. The van der Waals surface area contributed by atoms with E-state index in [-0.39, 0.29) is 0 Å². The quantitative estimate of drug-likeness (QED) is 0.199. The van der Waals surface area contributed by atoms with Gasteiger partial charge in [-0.15, -0.1) is 22.7 Å². The van der Waals surface area contributed by atoms with Crippen molar-refractivity contribution in [2.45, 2.75) is 0 Å². The van der Waals surface area contributed by atoms with E-state index in [9.17, 15) is 0 Å². The molecule has 5 heteroatoms. The summed E-state index contributed by atoms with van der Waals surface area (Å²) < 4.78 is 7.42. The topological polar surface area (TPSA) is 30.7 Å². The molecule has 0 fully saturated rings. The minimum absolute atomic E-state index is 0.750. The Kier molecular flexibility index (Phi) is 5.32. The molecule has 0 amide bonds. The molecule has 0 saturated carbocycles. The first kappa shape index (κ1) is 25.0. The molecule has 0 N–H and O–H groups in total. The van der Waals surface area contributed by atoms with Gasteiger partial charge in [0.05, 0.1) is 26.9 Å². The smallest absolute Gasteiger partial charge is 0.160 e. The lowest BCUT2D eigenvalue weighted by molar-refractivity contribution is 1.19. The van der Waals surface area contributed by atoms with E-state index in [0.717, 1.165) is 43.9 Å². The molecule has 45 heavy (non-hydrogen) atoms. The summed E-state index contributed by atoms with van der Waals surface area (Å²) in [6.45, 7) is 0. The molecule has 0 aliphatic rings. The van der Waals surface area contributed by atoms with Crippen molar-refractivity contribution in [3.8, 4) is 28.3 Å². The highest BCUT2D eigenvalue weighted by molar-refractivity contribution is 7.27. The fraction of sp³-hybridized carbons (Fsp3) is 0. The molecule has 3 nitrogen and oxygen atoms in total. The van der Waals surface area contributed by atoms with Crippen molar-refractivity contribution in [3.05, 3.63) is 140 Å². The SMILES string of the molecule is c1ccc(-c2nc(-c3ccccc3)c3sc4cc(-n5c6ccccc6c6c7sc8ccccc8c7ccc65)ccc4c3n2)cc1. The normalized spacial score (nSPS) is 12.0. The first-order valence-corrected chi connectivity index (χ1v) is 16.6. The van der Waals surface area contributed by atoms with Crippen LogP contribution in [0.15, 0.2) is 140 Å². The summed E-state index contributed by atoms with van der Waals surface area (Å²) in [7, 11) is 0. The first-order chi connectivity index (χ1) is 22.3. The average molecular weight is 610 g/mol. The monoisotopic (exact) mass is 609 g/mol. The molecule has 10 aromatic rings. The molecule has 0 spiro atoms. The molecule has 0 saturated heterocycles. The molecule has 0 atom stereocenters. The lowest BCUT2D eigenvalue weighted by Gasteiger charge is -2.08. The van der Waals surface area contributed by atoms with Crippen LogP contribution in [0.1, 0.15) is 0 Å². The van der Waals surface area contributed by atoms with E-state index in [4.69, 9.17) is 9.97 Å². The van der Waals surface area contributed by atoms with Gasteiger partial charge in [-0.3, -0.25) is 0 Å². The van der Waals surface area contributed by atoms with Gasteiger partial charge in [0.25, 0.3) is 0 Å². The Bertz CT molecular complexity index is 2750. The molecule has 10 rings (SSSR count). The summed E-state index contributed by atoms with van der Waals surface area (Å²) in [5.41, 5.74) is 7.70. The second kappa shape index (κ2) is 9.57. The van der Waals surface area contributed by atoms with Crippen LogP contribution in [0.2, 0.25) is 0 Å². The van der Waals surface area contributed by atoms with Gasteiger partial charge in [0.15, 0.2) is 5.82 Å². The largest absolute Gasteiger partial charge is 0.309 e. The highest BCUT2D eigenvalue weighted by atomic mass is 32.1. The zero-order valence-electron chi connectivity index (χ0n) is 23.9. The lowest BCUT2D eigenvalue weighted by atomic mass is 10.1. The predicted octanol–water partition coefficient (Wildman–Crippen LogP) is 11.6. The van der Waals surface area contributed by atoms with E-state index in [2.05, 4.69) is 126 Å². The number of para-hydroxylation sites is 1. The average Bonchev–Trinajstić information content (AvgIpc) is 3.77. The van der Waals surface area contributed by atoms with Gasteiger partial charge in [-0.05, 0) is 36.4 Å². The third-order valence-electron chi connectivity index (χ3n) is 8.82. The Morgan fingerprint density at radius 1 is 0.467 bits per heavy atom. The Morgan fingerprint density at radius 3 is 2.00 bits per heavy atom. The van der Waals surface area contributed by atoms with Crippen LogP contribution in [-0.4, -0.2) is 14.5 Å². The van der Waals surface area contributed by atoms with Gasteiger partial charge >= 0.3 is 0 Å². The fourth-order valence-corrected chi connectivity index (χ4v) is 9.24. The molecule has 4 aromatic heterocycles. The van der Waals surface area contributed by atoms with Gasteiger partial charge < -0.3 is 4.57 Å². The number of hydrogen-bond acceptors (Lipinski definition) is 4. The van der Waals surface area contributed by atoms with Crippen LogP contribution in [0.25, 0.3) is 90.6 Å². The number of fused-ring (bicyclic) bond motifs is 10. The third-order valence-corrected chi connectivity index (χ3v) is 11.2. The standard InChI is InChI=1S/C40H23N3S2/c1-3-11-24(12-4-1)36-39-37(42-40(41-36)25-13-5-2-6-14-25)30-20-19-26(23-34(30)45-39)43-31-17-9-7-16-29(31)35-32(43)22-21-28-27-15-8-10-18-33(27)44-38(28)35/h1-23H. The number of nitrogens with zero attached hydrogens (tertiary/aromatic N) is 3. The fourth-order valence-electron chi connectivity index (χ4n) is 6.79. The van der Waals surface area contributed by atoms with Crippen molar-refractivity contribution in [1.29, 1.82) is 0 Å². The van der Waals surface area contributed by atoms with Crippen LogP contribution in [0.4, 0.5) is 0 Å². The van der Waals surface area contributed by atoms with Crippen LogP contribution in [0.3, 0.4) is 0 Å². The summed E-state index contributed by atoms with van der Waals surface area (Å²) in [6, 6.07) is 49.8. The van der Waals surface area contributed by atoms with Gasteiger partial charge in [-0.1, -0.05) is 103 Å². The molecule has 0 aliphatic heterocycles. The van der Waals surface area contributed by atoms with Crippen molar-refractivity contribution in [2.24, 2.45) is 0 Å². The molecule has 210 valence electrons. The Labute approximate surface area is 266 Å². The van der Waals surface area contributed by atoms with Crippen LogP contribution in [0.5, 0.6) is 0 Å². The third kappa shape index (κ3) is 3.69. The summed E-state index contributed by atoms with van der Waals surface area (Å²) in [4.78, 5) is 10.3. The maximum Gasteiger partial charge on any atom is 0.160 e. The van der Waals surface area contributed by atoms with Crippen molar-refractivity contribution in [1.82, 2.24) is 14.5 Å². The number of hydrogen-bond donors (Lipinski definition) is 0. The van der Waals surface area contributed by atoms with Crippen molar-refractivity contribution >= 4 is 85.0 Å². The number of aromatic nitrogens is 3. The van der Waals surface area contributed by atoms with Crippen molar-refractivity contribution in [2.75, 3.05) is 0 Å². The van der Waals surface area contributed by atoms with Gasteiger partial charge in [-0.2, -0.15) is 0 Å². The molecule has 0 aliphatic carbocycles. The van der Waals surface area contributed by atoms with E-state index in [0.29, 0.717) is 0 Å². The van der Waals surface area contributed by atoms with Gasteiger partial charge in [0, 0.05) is 57.8 Å². The Balaban J connectivity index is 1.25. The number of rotatable bonds is 3. The number of benzene rings is 6. The van der Waals surface area contributed by atoms with E-state index in [1.165, 1.54) is 46.7 Å². The zero-order chi connectivity index (χ0) is 29.5. The minimum Gasteiger partial charge on any atom is -0.309 e. The molecule has 0 unspecified atom stereocenters. The molecule has 4 heterocycles. The summed E-state index contributed by atoms with van der Waals surface area (Å²) in [6.07, 6.45) is 0. The Hall–Kier alpha value is -5.36. The van der Waals surface area contributed by atoms with Gasteiger partial charge in [0.2, 0.25) is 0 Å². The summed E-state index contributed by atoms with van der Waals surface area (Å²) in [5.74, 6) is 0.750. The Morgan fingerprint density at radius 2 is 1.16 bits per heavy atom.